The first-order valence-electron chi connectivity index (χ1n) is 13.0. The van der Waals surface area contributed by atoms with Crippen molar-refractivity contribution in [3.63, 3.8) is 0 Å². The number of amides is 4. The van der Waals surface area contributed by atoms with Gasteiger partial charge in [-0.25, -0.2) is 0 Å². The molecule has 4 N–H and O–H groups in total. The Morgan fingerprint density at radius 3 is 2.58 bits per heavy atom. The van der Waals surface area contributed by atoms with E-state index in [4.69, 9.17) is 4.74 Å². The fraction of sp³-hybridized carbons (Fsp3) is 0.615. The summed E-state index contributed by atoms with van der Waals surface area (Å²) >= 11 is 0. The van der Waals surface area contributed by atoms with Crippen molar-refractivity contribution in [2.75, 3.05) is 39.3 Å². The second kappa shape index (κ2) is 14.4. The molecule has 0 spiro atoms. The van der Waals surface area contributed by atoms with E-state index in [1.807, 2.05) is 0 Å². The number of carbonyl (C=O) groups is 4. The molecule has 1 aromatic carbocycles. The molecule has 10 nitrogen and oxygen atoms in total. The van der Waals surface area contributed by atoms with Crippen molar-refractivity contribution in [3.8, 4) is 5.75 Å². The number of carbonyl (C=O) groups excluding carboxylic acids is 4. The van der Waals surface area contributed by atoms with Crippen LogP contribution in [-0.4, -0.2) is 79.9 Å². The van der Waals surface area contributed by atoms with Crippen LogP contribution in [0.3, 0.4) is 0 Å². The van der Waals surface area contributed by atoms with Crippen molar-refractivity contribution in [2.24, 2.45) is 0 Å². The minimum atomic E-state index is -1.09. The van der Waals surface area contributed by atoms with Gasteiger partial charge in [-0.3, -0.25) is 19.2 Å². The average Bonchev–Trinajstić information content (AvgIpc) is 3.14. The second-order valence-corrected chi connectivity index (χ2v) is 9.41. The smallest absolute Gasteiger partial charge is 0.255 e. The van der Waals surface area contributed by atoms with Crippen molar-refractivity contribution in [2.45, 2.75) is 64.0 Å². The van der Waals surface area contributed by atoms with Crippen LogP contribution in [0.1, 0.15) is 62.2 Å². The van der Waals surface area contributed by atoms with Gasteiger partial charge in [0, 0.05) is 13.1 Å². The first kappa shape index (κ1) is 27.4. The van der Waals surface area contributed by atoms with Crippen LogP contribution >= 0.6 is 0 Å². The Hall–Kier alpha value is -3.14. The van der Waals surface area contributed by atoms with Gasteiger partial charge in [-0.2, -0.15) is 0 Å². The van der Waals surface area contributed by atoms with Gasteiger partial charge in [0.2, 0.25) is 17.7 Å². The van der Waals surface area contributed by atoms with E-state index < -0.39 is 29.8 Å². The molecule has 0 aromatic heterocycles. The van der Waals surface area contributed by atoms with Gasteiger partial charge in [-0.05, 0) is 64.4 Å². The van der Waals surface area contributed by atoms with E-state index in [0.717, 1.165) is 26.1 Å². The van der Waals surface area contributed by atoms with Gasteiger partial charge in [-0.1, -0.05) is 25.0 Å². The van der Waals surface area contributed by atoms with Crippen molar-refractivity contribution >= 4 is 23.6 Å². The highest BCUT2D eigenvalue weighted by Gasteiger charge is 2.27. The Bertz CT molecular complexity index is 900. The largest absolute Gasteiger partial charge is 0.493 e. The quantitative estimate of drug-likeness (QED) is 0.445. The molecule has 4 amide bonds. The van der Waals surface area contributed by atoms with Gasteiger partial charge in [0.1, 0.15) is 17.8 Å². The number of nitrogens with zero attached hydrogens (tertiary/aromatic N) is 1. The molecular formula is C26H39N5O5. The van der Waals surface area contributed by atoms with E-state index in [9.17, 15) is 19.2 Å². The maximum Gasteiger partial charge on any atom is 0.255 e. The Morgan fingerprint density at radius 2 is 1.81 bits per heavy atom. The Kier molecular flexibility index (Phi) is 11.0. The summed E-state index contributed by atoms with van der Waals surface area (Å²) in [6, 6.07) is 4.90. The summed E-state index contributed by atoms with van der Waals surface area (Å²) < 4.78 is 5.76. The Balaban J connectivity index is 1.66. The highest BCUT2D eigenvalue weighted by atomic mass is 16.5. The van der Waals surface area contributed by atoms with Crippen molar-refractivity contribution < 1.29 is 23.9 Å². The molecule has 0 saturated carbocycles. The van der Waals surface area contributed by atoms with Crippen LogP contribution in [0.5, 0.6) is 5.75 Å². The maximum absolute atomic E-state index is 13.1. The van der Waals surface area contributed by atoms with Crippen molar-refractivity contribution in [1.82, 2.24) is 26.2 Å². The fourth-order valence-electron chi connectivity index (χ4n) is 4.39. The van der Waals surface area contributed by atoms with Crippen molar-refractivity contribution in [3.05, 3.63) is 29.8 Å². The fourth-order valence-corrected chi connectivity index (χ4v) is 4.39. The lowest BCUT2D eigenvalue weighted by molar-refractivity contribution is -0.130. The van der Waals surface area contributed by atoms with Gasteiger partial charge in [0.15, 0.2) is 0 Å². The summed E-state index contributed by atoms with van der Waals surface area (Å²) in [7, 11) is 0. The van der Waals surface area contributed by atoms with Crippen LogP contribution in [0.4, 0.5) is 0 Å². The summed E-state index contributed by atoms with van der Waals surface area (Å²) in [6.45, 7) is 5.76. The number of benzene rings is 1. The molecule has 1 aromatic rings. The molecule has 10 heteroatoms. The molecule has 2 aliphatic rings. The minimum Gasteiger partial charge on any atom is -0.493 e. The predicted octanol–water partition coefficient (Wildman–Crippen LogP) is 0.961. The average molecular weight is 502 g/mol. The van der Waals surface area contributed by atoms with Crippen LogP contribution in [-0.2, 0) is 14.4 Å². The maximum atomic E-state index is 13.1. The zero-order chi connectivity index (χ0) is 25.8. The molecule has 2 atom stereocenters. The zero-order valence-corrected chi connectivity index (χ0v) is 21.1. The summed E-state index contributed by atoms with van der Waals surface area (Å²) in [5, 5.41) is 10.9. The van der Waals surface area contributed by atoms with E-state index in [0.29, 0.717) is 31.9 Å². The van der Waals surface area contributed by atoms with Gasteiger partial charge in [0.05, 0.1) is 18.6 Å². The number of nitrogens with one attached hydrogen (secondary N) is 4. The molecule has 0 radical (unpaired) electrons. The summed E-state index contributed by atoms with van der Waals surface area (Å²) in [5.41, 5.74) is 0.282. The topological polar surface area (TPSA) is 129 Å². The summed E-state index contributed by atoms with van der Waals surface area (Å²) in [5.74, 6) is -1.38. The molecule has 3 rings (SSSR count). The van der Waals surface area contributed by atoms with E-state index >= 15 is 0 Å². The van der Waals surface area contributed by atoms with Crippen LogP contribution in [0.15, 0.2) is 24.3 Å². The lowest BCUT2D eigenvalue weighted by Crippen LogP contribution is -2.51. The molecule has 0 bridgehead atoms. The molecule has 2 heterocycles. The number of hydrogen-bond donors (Lipinski definition) is 4. The van der Waals surface area contributed by atoms with Gasteiger partial charge >= 0.3 is 0 Å². The molecule has 198 valence electrons. The first-order valence-corrected chi connectivity index (χ1v) is 13.0. The first-order chi connectivity index (χ1) is 17.4. The lowest BCUT2D eigenvalue weighted by atomic mass is 10.1. The van der Waals surface area contributed by atoms with Crippen LogP contribution in [0.2, 0.25) is 0 Å². The van der Waals surface area contributed by atoms with Crippen LogP contribution in [0, 0.1) is 0 Å². The normalized spacial score (nSPS) is 22.9. The van der Waals surface area contributed by atoms with Gasteiger partial charge < -0.3 is 30.9 Å². The van der Waals surface area contributed by atoms with E-state index in [1.54, 1.807) is 31.2 Å². The molecule has 1 fully saturated rings. The minimum absolute atomic E-state index is 0.282. The lowest BCUT2D eigenvalue weighted by Gasteiger charge is -2.21. The van der Waals surface area contributed by atoms with E-state index in [1.165, 1.54) is 25.7 Å². The van der Waals surface area contributed by atoms with Gasteiger partial charge in [0.25, 0.3) is 5.91 Å². The molecule has 2 aliphatic heterocycles. The highest BCUT2D eigenvalue weighted by Crippen LogP contribution is 2.18. The third kappa shape index (κ3) is 8.82. The third-order valence-corrected chi connectivity index (χ3v) is 6.44. The molecule has 1 saturated heterocycles. The van der Waals surface area contributed by atoms with Crippen LogP contribution in [0.25, 0.3) is 0 Å². The van der Waals surface area contributed by atoms with E-state index in [-0.39, 0.29) is 17.9 Å². The number of likely N-dealkylation sites (tertiary alicyclic amines) is 1. The molecule has 0 unspecified atom stereocenters. The summed E-state index contributed by atoms with van der Waals surface area (Å²) in [6.07, 6.45) is 5.98. The molecule has 36 heavy (non-hydrogen) atoms. The molecule has 0 aliphatic carbocycles. The van der Waals surface area contributed by atoms with Crippen LogP contribution < -0.4 is 26.0 Å². The Morgan fingerprint density at radius 1 is 1.06 bits per heavy atom. The van der Waals surface area contributed by atoms with Crippen molar-refractivity contribution in [1.29, 1.82) is 0 Å². The monoisotopic (exact) mass is 501 g/mol. The van der Waals surface area contributed by atoms with E-state index in [2.05, 4.69) is 26.2 Å². The third-order valence-electron chi connectivity index (χ3n) is 6.44. The SMILES string of the molecule is C[C@@H]1NC(=O)C[C@@H](C(=O)NCCCN2CCCCCC2)NC(=O)c2ccccc2OCCCNC1=O. The Labute approximate surface area is 212 Å². The standard InChI is InChI=1S/C26H39N5O5/c1-19-24(33)27-13-9-17-36-22-11-5-4-10-20(22)25(34)30-21(18-23(32)29-19)26(35)28-12-8-16-31-14-6-2-3-7-15-31/h4-5,10-11,19,21H,2-3,6-9,12-18H2,1H3,(H,27,33)(H,28,35)(H,29,32)(H,30,34)/t19-,21-/m0/s1. The zero-order valence-electron chi connectivity index (χ0n) is 21.1. The summed E-state index contributed by atoms with van der Waals surface area (Å²) in [4.78, 5) is 53.4. The highest BCUT2D eigenvalue weighted by molar-refractivity contribution is 6.01. The number of ether oxygens (including phenoxy) is 1. The predicted molar refractivity (Wildman–Crippen MR) is 136 cm³/mol. The number of fused-ring (bicyclic) bond motifs is 1. The second-order valence-electron chi connectivity index (χ2n) is 9.41. The number of para-hydroxylation sites is 1. The number of hydrogen-bond acceptors (Lipinski definition) is 6. The van der Waals surface area contributed by atoms with Gasteiger partial charge in [-0.15, -0.1) is 0 Å². The number of rotatable bonds is 5. The molecular weight excluding hydrogens is 462 g/mol.